The van der Waals surface area contributed by atoms with Crippen molar-refractivity contribution < 1.29 is 4.42 Å². The van der Waals surface area contributed by atoms with E-state index < -0.39 is 0 Å². The van der Waals surface area contributed by atoms with Crippen LogP contribution in [-0.4, -0.2) is 6.21 Å². The summed E-state index contributed by atoms with van der Waals surface area (Å²) in [7, 11) is 0. The maximum absolute atomic E-state index is 5.83. The molecular weight excluding hydrogens is 224 g/mol. The average molecular weight is 235 g/mol. The number of nitrogens with one attached hydrogen (secondary N) is 1. The third kappa shape index (κ3) is 2.87. The molecule has 2 aromatic rings. The lowest BCUT2D eigenvalue weighted by atomic mass is 10.3. The van der Waals surface area contributed by atoms with Gasteiger partial charge >= 0.3 is 0 Å². The number of halogens is 1. The number of aryl methyl sites for hydroxylation is 1. The van der Waals surface area contributed by atoms with E-state index in [9.17, 15) is 0 Å². The lowest BCUT2D eigenvalue weighted by Crippen LogP contribution is -1.89. The van der Waals surface area contributed by atoms with E-state index in [0.717, 1.165) is 11.4 Å². The van der Waals surface area contributed by atoms with Crippen LogP contribution in [0.3, 0.4) is 0 Å². The van der Waals surface area contributed by atoms with Gasteiger partial charge in [-0.05, 0) is 37.3 Å². The summed E-state index contributed by atoms with van der Waals surface area (Å²) in [6.45, 7) is 1.89. The Hall–Kier alpha value is -1.74. The maximum Gasteiger partial charge on any atom is 0.147 e. The van der Waals surface area contributed by atoms with E-state index in [4.69, 9.17) is 16.0 Å². The minimum absolute atomic E-state index is 0.675. The Morgan fingerprint density at radius 1 is 1.31 bits per heavy atom. The SMILES string of the molecule is Cc1ccc(C=NNc2cccc(Cl)c2)o1. The van der Waals surface area contributed by atoms with Gasteiger partial charge in [-0.25, -0.2) is 0 Å². The highest BCUT2D eigenvalue weighted by molar-refractivity contribution is 6.30. The van der Waals surface area contributed by atoms with Crippen molar-refractivity contribution >= 4 is 23.5 Å². The Morgan fingerprint density at radius 3 is 2.88 bits per heavy atom. The van der Waals surface area contributed by atoms with Crippen LogP contribution in [0.1, 0.15) is 11.5 Å². The molecule has 82 valence electrons. The Balaban J connectivity index is 1.99. The molecule has 0 amide bonds. The van der Waals surface area contributed by atoms with E-state index in [-0.39, 0.29) is 0 Å². The highest BCUT2D eigenvalue weighted by Gasteiger charge is 1.94. The van der Waals surface area contributed by atoms with Gasteiger partial charge in [0.25, 0.3) is 0 Å². The zero-order valence-corrected chi connectivity index (χ0v) is 9.53. The zero-order valence-electron chi connectivity index (χ0n) is 8.77. The summed E-state index contributed by atoms with van der Waals surface area (Å²) >= 11 is 5.83. The number of hydrazone groups is 1. The normalized spacial score (nSPS) is 10.9. The summed E-state index contributed by atoms with van der Waals surface area (Å²) in [6, 6.07) is 11.1. The van der Waals surface area contributed by atoms with Crippen LogP contribution in [0.4, 0.5) is 5.69 Å². The Bertz CT molecular complexity index is 505. The number of nitrogens with zero attached hydrogens (tertiary/aromatic N) is 1. The van der Waals surface area contributed by atoms with Gasteiger partial charge in [0.15, 0.2) is 0 Å². The molecule has 0 fully saturated rings. The quantitative estimate of drug-likeness (QED) is 0.650. The monoisotopic (exact) mass is 234 g/mol. The summed E-state index contributed by atoms with van der Waals surface area (Å²) in [4.78, 5) is 0. The molecule has 0 bridgehead atoms. The fourth-order valence-corrected chi connectivity index (χ4v) is 1.44. The molecule has 1 N–H and O–H groups in total. The molecule has 4 heteroatoms. The molecular formula is C12H11ClN2O. The number of anilines is 1. The molecule has 16 heavy (non-hydrogen) atoms. The highest BCUT2D eigenvalue weighted by Crippen LogP contribution is 2.14. The van der Waals surface area contributed by atoms with Gasteiger partial charge in [-0.3, -0.25) is 5.43 Å². The van der Waals surface area contributed by atoms with Crippen molar-refractivity contribution in [2.45, 2.75) is 6.92 Å². The first-order chi connectivity index (χ1) is 7.74. The summed E-state index contributed by atoms with van der Waals surface area (Å²) in [5.41, 5.74) is 3.71. The zero-order chi connectivity index (χ0) is 11.4. The van der Waals surface area contributed by atoms with Crippen molar-refractivity contribution in [1.29, 1.82) is 0 Å². The van der Waals surface area contributed by atoms with Gasteiger partial charge in [-0.2, -0.15) is 5.10 Å². The van der Waals surface area contributed by atoms with E-state index in [0.29, 0.717) is 10.8 Å². The highest BCUT2D eigenvalue weighted by atomic mass is 35.5. The number of hydrogen-bond acceptors (Lipinski definition) is 3. The minimum atomic E-state index is 0.675. The van der Waals surface area contributed by atoms with Gasteiger partial charge in [0.2, 0.25) is 0 Å². The summed E-state index contributed by atoms with van der Waals surface area (Å²) < 4.78 is 5.33. The molecule has 0 radical (unpaired) electrons. The fourth-order valence-electron chi connectivity index (χ4n) is 1.25. The van der Waals surface area contributed by atoms with Crippen LogP contribution in [0, 0.1) is 6.92 Å². The number of rotatable bonds is 3. The molecule has 0 unspecified atom stereocenters. The second-order valence-electron chi connectivity index (χ2n) is 3.33. The van der Waals surface area contributed by atoms with Crippen LogP contribution in [0.2, 0.25) is 5.02 Å². The van der Waals surface area contributed by atoms with Crippen LogP contribution in [0.25, 0.3) is 0 Å². The molecule has 1 aromatic heterocycles. The smallest absolute Gasteiger partial charge is 0.147 e. The molecule has 1 heterocycles. The van der Waals surface area contributed by atoms with Gasteiger partial charge in [0.05, 0.1) is 11.9 Å². The summed E-state index contributed by atoms with van der Waals surface area (Å²) in [5, 5.41) is 4.71. The van der Waals surface area contributed by atoms with Crippen LogP contribution in [-0.2, 0) is 0 Å². The molecule has 0 saturated carbocycles. The molecule has 0 aliphatic heterocycles. The summed E-state index contributed by atoms with van der Waals surface area (Å²) in [5.74, 6) is 1.58. The second-order valence-corrected chi connectivity index (χ2v) is 3.77. The van der Waals surface area contributed by atoms with Crippen LogP contribution >= 0.6 is 11.6 Å². The van der Waals surface area contributed by atoms with Gasteiger partial charge in [-0.15, -0.1) is 0 Å². The first-order valence-electron chi connectivity index (χ1n) is 4.85. The molecule has 0 atom stereocenters. The van der Waals surface area contributed by atoms with Gasteiger partial charge in [-0.1, -0.05) is 17.7 Å². The number of benzene rings is 1. The molecule has 0 aliphatic carbocycles. The van der Waals surface area contributed by atoms with E-state index in [1.807, 2.05) is 37.3 Å². The van der Waals surface area contributed by atoms with Gasteiger partial charge in [0.1, 0.15) is 11.5 Å². The van der Waals surface area contributed by atoms with Gasteiger partial charge in [0, 0.05) is 5.02 Å². The van der Waals surface area contributed by atoms with Crippen molar-refractivity contribution in [2.24, 2.45) is 5.10 Å². The molecule has 0 spiro atoms. The van der Waals surface area contributed by atoms with Crippen LogP contribution < -0.4 is 5.43 Å². The van der Waals surface area contributed by atoms with Gasteiger partial charge < -0.3 is 4.42 Å². The number of hydrogen-bond donors (Lipinski definition) is 1. The standard InChI is InChI=1S/C12H11ClN2O/c1-9-5-6-12(16-9)8-14-15-11-4-2-3-10(13)7-11/h2-8,15H,1H3. The second kappa shape index (κ2) is 4.86. The third-order valence-electron chi connectivity index (χ3n) is 1.97. The van der Waals surface area contributed by atoms with Crippen molar-refractivity contribution in [1.82, 2.24) is 0 Å². The van der Waals surface area contributed by atoms with E-state index in [1.165, 1.54) is 0 Å². The Labute approximate surface area is 98.7 Å². The number of furan rings is 1. The van der Waals surface area contributed by atoms with Crippen molar-refractivity contribution in [2.75, 3.05) is 5.43 Å². The van der Waals surface area contributed by atoms with Crippen LogP contribution in [0.15, 0.2) is 45.9 Å². The largest absolute Gasteiger partial charge is 0.460 e. The van der Waals surface area contributed by atoms with Crippen LogP contribution in [0.5, 0.6) is 0 Å². The average Bonchev–Trinajstić information content (AvgIpc) is 2.64. The first-order valence-corrected chi connectivity index (χ1v) is 5.23. The molecule has 2 rings (SSSR count). The predicted molar refractivity (Wildman–Crippen MR) is 66.1 cm³/mol. The van der Waals surface area contributed by atoms with Crippen molar-refractivity contribution in [3.8, 4) is 0 Å². The van der Waals surface area contributed by atoms with E-state index in [2.05, 4.69) is 10.5 Å². The first kappa shape index (κ1) is 10.8. The third-order valence-corrected chi connectivity index (χ3v) is 2.21. The topological polar surface area (TPSA) is 37.5 Å². The lowest BCUT2D eigenvalue weighted by Gasteiger charge is -1.98. The Kier molecular flexibility index (Phi) is 3.27. The minimum Gasteiger partial charge on any atom is -0.460 e. The molecule has 1 aromatic carbocycles. The Morgan fingerprint density at radius 2 is 2.19 bits per heavy atom. The lowest BCUT2D eigenvalue weighted by molar-refractivity contribution is 0.528. The van der Waals surface area contributed by atoms with Crippen molar-refractivity contribution in [3.63, 3.8) is 0 Å². The fraction of sp³-hybridized carbons (Fsp3) is 0.0833. The van der Waals surface area contributed by atoms with E-state index >= 15 is 0 Å². The molecule has 0 saturated heterocycles. The predicted octanol–water partition coefficient (Wildman–Crippen LogP) is 3.69. The summed E-state index contributed by atoms with van der Waals surface area (Å²) in [6.07, 6.45) is 1.62. The maximum atomic E-state index is 5.83. The van der Waals surface area contributed by atoms with Crippen molar-refractivity contribution in [3.05, 3.63) is 52.9 Å². The molecule has 0 aliphatic rings. The van der Waals surface area contributed by atoms with E-state index in [1.54, 1.807) is 12.3 Å². The molecule has 3 nitrogen and oxygen atoms in total.